The van der Waals surface area contributed by atoms with E-state index in [1.54, 1.807) is 6.07 Å². The Labute approximate surface area is 140 Å². The minimum absolute atomic E-state index is 0.0315. The maximum Gasteiger partial charge on any atom is 0.322 e. The van der Waals surface area contributed by atoms with Gasteiger partial charge in [0.05, 0.1) is 17.6 Å². The van der Waals surface area contributed by atoms with Crippen LogP contribution in [-0.2, 0) is 14.6 Å². The molecule has 24 heavy (non-hydrogen) atoms. The number of benzene rings is 1. The molecule has 8 heteroatoms. The Balaban J connectivity index is 1.73. The third-order valence-corrected chi connectivity index (χ3v) is 6.16. The van der Waals surface area contributed by atoms with Crippen LogP contribution in [0, 0.1) is 5.82 Å². The first-order chi connectivity index (χ1) is 11.4. The van der Waals surface area contributed by atoms with Gasteiger partial charge in [-0.25, -0.2) is 17.6 Å². The summed E-state index contributed by atoms with van der Waals surface area (Å²) < 4.78 is 42.4. The number of carbonyl (C=O) groups excluding carboxylic acids is 1. The summed E-state index contributed by atoms with van der Waals surface area (Å²) >= 11 is 0. The number of hydrogen-bond donors (Lipinski definition) is 1. The number of ether oxygens (including phenoxy) is 1. The average molecular weight is 356 g/mol. The molecule has 2 fully saturated rings. The second-order valence-corrected chi connectivity index (χ2v) is 8.51. The van der Waals surface area contributed by atoms with Gasteiger partial charge in [0.15, 0.2) is 9.84 Å². The number of hydrogen-bond acceptors (Lipinski definition) is 4. The second kappa shape index (κ2) is 7.06. The van der Waals surface area contributed by atoms with E-state index in [0.717, 1.165) is 12.8 Å². The van der Waals surface area contributed by atoms with Gasteiger partial charge in [-0.1, -0.05) is 6.07 Å². The molecule has 2 saturated heterocycles. The Bertz CT molecular complexity index is 704. The molecule has 0 bridgehead atoms. The van der Waals surface area contributed by atoms with Crippen molar-refractivity contribution in [1.82, 2.24) is 4.90 Å². The van der Waals surface area contributed by atoms with E-state index in [1.165, 1.54) is 23.1 Å². The fourth-order valence-electron chi connectivity index (χ4n) is 3.19. The molecule has 0 saturated carbocycles. The number of nitrogens with zero attached hydrogens (tertiary/aromatic N) is 1. The lowest BCUT2D eigenvalue weighted by Crippen LogP contribution is -2.47. The van der Waals surface area contributed by atoms with E-state index in [1.807, 2.05) is 0 Å². The van der Waals surface area contributed by atoms with Crippen LogP contribution in [0.25, 0.3) is 0 Å². The predicted octanol–water partition coefficient (Wildman–Crippen LogP) is 2.03. The summed E-state index contributed by atoms with van der Waals surface area (Å²) in [6.07, 6.45) is 2.13. The van der Waals surface area contributed by atoms with Gasteiger partial charge in [-0.05, 0) is 37.5 Å². The summed E-state index contributed by atoms with van der Waals surface area (Å²) in [4.78, 5) is 14.2. The molecule has 1 aromatic rings. The predicted molar refractivity (Wildman–Crippen MR) is 88.2 cm³/mol. The van der Waals surface area contributed by atoms with Gasteiger partial charge in [-0.15, -0.1) is 0 Å². The largest absolute Gasteiger partial charge is 0.376 e. The van der Waals surface area contributed by atoms with Crippen molar-refractivity contribution in [2.24, 2.45) is 0 Å². The molecular formula is C16H21FN2O4S. The zero-order valence-corrected chi connectivity index (χ0v) is 14.1. The molecule has 2 atom stereocenters. The lowest BCUT2D eigenvalue weighted by atomic mass is 10.1. The highest BCUT2D eigenvalue weighted by molar-refractivity contribution is 7.91. The number of carbonyl (C=O) groups is 1. The van der Waals surface area contributed by atoms with E-state index in [-0.39, 0.29) is 23.7 Å². The normalized spacial score (nSPS) is 25.5. The Morgan fingerprint density at radius 1 is 1.38 bits per heavy atom. The standard InChI is InChI=1S/C16H21FN2O4S/c17-12-3-1-4-13(9-12)18-16(20)19(10-15-5-2-7-23-15)14-6-8-24(21,22)11-14/h1,3-4,9,14-15H,2,5-8,10-11H2,(H,18,20)/t14-,15-/m1/s1. The van der Waals surface area contributed by atoms with Crippen LogP contribution in [0.5, 0.6) is 0 Å². The van der Waals surface area contributed by atoms with Crippen LogP contribution in [0.1, 0.15) is 19.3 Å². The molecule has 2 aliphatic heterocycles. The third kappa shape index (κ3) is 4.24. The summed E-state index contributed by atoms with van der Waals surface area (Å²) in [7, 11) is -3.11. The number of nitrogens with one attached hydrogen (secondary N) is 1. The molecule has 0 radical (unpaired) electrons. The fraction of sp³-hybridized carbons (Fsp3) is 0.562. The highest BCUT2D eigenvalue weighted by atomic mass is 32.2. The molecule has 6 nitrogen and oxygen atoms in total. The summed E-state index contributed by atoms with van der Waals surface area (Å²) in [6, 6.07) is 4.84. The molecule has 2 amide bonds. The van der Waals surface area contributed by atoms with E-state index in [9.17, 15) is 17.6 Å². The minimum atomic E-state index is -3.11. The molecular weight excluding hydrogens is 335 g/mol. The molecule has 2 heterocycles. The molecule has 0 aromatic heterocycles. The first-order valence-electron chi connectivity index (χ1n) is 8.08. The van der Waals surface area contributed by atoms with Crippen molar-refractivity contribution in [3.63, 3.8) is 0 Å². The SMILES string of the molecule is O=C(Nc1cccc(F)c1)N(C[C@H]1CCCO1)[C@@H]1CCS(=O)(=O)C1. The first-order valence-corrected chi connectivity index (χ1v) is 9.90. The van der Waals surface area contributed by atoms with Gasteiger partial charge in [0, 0.05) is 24.9 Å². The first kappa shape index (κ1) is 17.2. The molecule has 0 spiro atoms. The number of amides is 2. The van der Waals surface area contributed by atoms with Crippen molar-refractivity contribution in [2.75, 3.05) is 30.0 Å². The van der Waals surface area contributed by atoms with Crippen LogP contribution in [0.4, 0.5) is 14.9 Å². The smallest absolute Gasteiger partial charge is 0.322 e. The Morgan fingerprint density at radius 3 is 2.83 bits per heavy atom. The molecule has 1 N–H and O–H groups in total. The highest BCUT2D eigenvalue weighted by Gasteiger charge is 2.36. The van der Waals surface area contributed by atoms with Crippen LogP contribution in [0.15, 0.2) is 24.3 Å². The maximum atomic E-state index is 13.3. The van der Waals surface area contributed by atoms with Gasteiger partial charge in [-0.2, -0.15) is 0 Å². The van der Waals surface area contributed by atoms with E-state index in [2.05, 4.69) is 5.32 Å². The van der Waals surface area contributed by atoms with Gasteiger partial charge >= 0.3 is 6.03 Å². The van der Waals surface area contributed by atoms with Crippen LogP contribution in [0.3, 0.4) is 0 Å². The molecule has 3 rings (SSSR count). The molecule has 0 unspecified atom stereocenters. The monoisotopic (exact) mass is 356 g/mol. The van der Waals surface area contributed by atoms with Crippen molar-refractivity contribution < 1.29 is 22.3 Å². The van der Waals surface area contributed by atoms with Crippen LogP contribution in [0.2, 0.25) is 0 Å². The molecule has 2 aliphatic rings. The van der Waals surface area contributed by atoms with Crippen molar-refractivity contribution in [2.45, 2.75) is 31.4 Å². The highest BCUT2D eigenvalue weighted by Crippen LogP contribution is 2.22. The lowest BCUT2D eigenvalue weighted by molar-refractivity contribution is 0.0751. The van der Waals surface area contributed by atoms with E-state index in [0.29, 0.717) is 25.3 Å². The quantitative estimate of drug-likeness (QED) is 0.896. The van der Waals surface area contributed by atoms with Crippen LogP contribution < -0.4 is 5.32 Å². The molecule has 1 aromatic carbocycles. The second-order valence-electron chi connectivity index (χ2n) is 6.28. The Hall–Kier alpha value is -1.67. The zero-order valence-electron chi connectivity index (χ0n) is 13.3. The van der Waals surface area contributed by atoms with Crippen molar-refractivity contribution in [3.8, 4) is 0 Å². The van der Waals surface area contributed by atoms with Gasteiger partial charge in [0.25, 0.3) is 0 Å². The fourth-order valence-corrected chi connectivity index (χ4v) is 4.92. The summed E-state index contributed by atoms with van der Waals surface area (Å²) in [5, 5.41) is 2.66. The molecule has 0 aliphatic carbocycles. The van der Waals surface area contributed by atoms with Gasteiger partial charge in [0.2, 0.25) is 0 Å². The van der Waals surface area contributed by atoms with E-state index < -0.39 is 21.7 Å². The van der Waals surface area contributed by atoms with Crippen LogP contribution >= 0.6 is 0 Å². The summed E-state index contributed by atoms with van der Waals surface area (Å²) in [6.45, 7) is 1.01. The van der Waals surface area contributed by atoms with Gasteiger partial charge < -0.3 is 15.0 Å². The lowest BCUT2D eigenvalue weighted by Gasteiger charge is -2.30. The van der Waals surface area contributed by atoms with Crippen molar-refractivity contribution in [1.29, 1.82) is 0 Å². The number of urea groups is 1. The topological polar surface area (TPSA) is 75.7 Å². The van der Waals surface area contributed by atoms with Crippen molar-refractivity contribution >= 4 is 21.6 Å². The minimum Gasteiger partial charge on any atom is -0.376 e. The van der Waals surface area contributed by atoms with Gasteiger partial charge in [-0.3, -0.25) is 0 Å². The van der Waals surface area contributed by atoms with Crippen molar-refractivity contribution in [3.05, 3.63) is 30.1 Å². The van der Waals surface area contributed by atoms with E-state index in [4.69, 9.17) is 4.74 Å². The van der Waals surface area contributed by atoms with Crippen LogP contribution in [-0.4, -0.2) is 56.2 Å². The number of sulfone groups is 1. The van der Waals surface area contributed by atoms with E-state index >= 15 is 0 Å². The Morgan fingerprint density at radius 2 is 2.21 bits per heavy atom. The maximum absolute atomic E-state index is 13.3. The molecule has 132 valence electrons. The number of rotatable bonds is 4. The number of anilines is 1. The third-order valence-electron chi connectivity index (χ3n) is 4.41. The average Bonchev–Trinajstić information content (AvgIpc) is 3.14. The summed E-state index contributed by atoms with van der Waals surface area (Å²) in [5.41, 5.74) is 0.346. The zero-order chi connectivity index (χ0) is 17.2. The number of halogens is 1. The summed E-state index contributed by atoms with van der Waals surface area (Å²) in [5.74, 6) is -0.384. The Kier molecular flexibility index (Phi) is 5.05. The van der Waals surface area contributed by atoms with Gasteiger partial charge in [0.1, 0.15) is 5.82 Å².